The molecule has 1 aliphatic rings. The number of ether oxygens (including phenoxy) is 1. The average Bonchev–Trinajstić information content (AvgIpc) is 3.23. The van der Waals surface area contributed by atoms with E-state index in [2.05, 4.69) is 4.98 Å². The first-order valence-corrected chi connectivity index (χ1v) is 10.2. The van der Waals surface area contributed by atoms with Crippen molar-refractivity contribution in [2.24, 2.45) is 0 Å². The van der Waals surface area contributed by atoms with Gasteiger partial charge in [0.25, 0.3) is 5.92 Å². The molecule has 0 bridgehead atoms. The molecule has 6 nitrogen and oxygen atoms in total. The van der Waals surface area contributed by atoms with Crippen LogP contribution in [0.15, 0.2) is 64.2 Å². The second-order valence-electron chi connectivity index (χ2n) is 7.79. The zero-order valence-electron chi connectivity index (χ0n) is 16.8. The molecule has 0 unspecified atom stereocenters. The zero-order valence-corrected chi connectivity index (χ0v) is 16.8. The first-order chi connectivity index (χ1) is 15.0. The van der Waals surface area contributed by atoms with Crippen molar-refractivity contribution in [1.82, 2.24) is 14.3 Å². The lowest BCUT2D eigenvalue weighted by Crippen LogP contribution is -2.41. The summed E-state index contributed by atoms with van der Waals surface area (Å²) in [5, 5.41) is 0.418. The summed E-state index contributed by atoms with van der Waals surface area (Å²) in [7, 11) is 0. The summed E-state index contributed by atoms with van der Waals surface area (Å²) in [6.07, 6.45) is 5.21. The number of aromatic nitrogens is 2. The van der Waals surface area contributed by atoms with Gasteiger partial charge in [0.15, 0.2) is 11.2 Å². The lowest BCUT2D eigenvalue weighted by atomic mass is 10.1. The first kappa shape index (κ1) is 19.7. The second kappa shape index (κ2) is 7.77. The number of halogens is 2. The van der Waals surface area contributed by atoms with Gasteiger partial charge in [-0.3, -0.25) is 9.69 Å². The number of nitrogens with zero attached hydrogens (tertiary/aromatic N) is 3. The molecular formula is C23H21F2N3O3. The predicted octanol–water partition coefficient (Wildman–Crippen LogP) is 4.22. The minimum Gasteiger partial charge on any atom is -0.492 e. The predicted molar refractivity (Wildman–Crippen MR) is 113 cm³/mol. The van der Waals surface area contributed by atoms with E-state index < -0.39 is 5.92 Å². The number of alkyl halides is 2. The molecule has 0 spiro atoms. The van der Waals surface area contributed by atoms with Crippen molar-refractivity contribution in [2.75, 3.05) is 26.2 Å². The molecule has 0 radical (unpaired) electrons. The Kier molecular flexibility index (Phi) is 4.94. The van der Waals surface area contributed by atoms with Gasteiger partial charge in [0.2, 0.25) is 0 Å². The number of fused-ring (bicyclic) bond motifs is 2. The van der Waals surface area contributed by atoms with Crippen molar-refractivity contribution in [3.05, 3.63) is 65.2 Å². The summed E-state index contributed by atoms with van der Waals surface area (Å²) < 4.78 is 40.1. The fraction of sp³-hybridized carbons (Fsp3) is 0.304. The summed E-state index contributed by atoms with van der Waals surface area (Å²) >= 11 is 0. The molecule has 1 aliphatic heterocycles. The monoisotopic (exact) mass is 425 g/mol. The number of likely N-dealkylation sites (tertiary alicyclic amines) is 1. The number of hydrogen-bond donors (Lipinski definition) is 0. The first-order valence-electron chi connectivity index (χ1n) is 10.2. The quantitative estimate of drug-likeness (QED) is 0.479. The Labute approximate surface area is 176 Å². The smallest absolute Gasteiger partial charge is 0.250 e. The zero-order chi connectivity index (χ0) is 21.4. The Morgan fingerprint density at radius 3 is 2.84 bits per heavy atom. The van der Waals surface area contributed by atoms with E-state index in [9.17, 15) is 13.6 Å². The highest BCUT2D eigenvalue weighted by Crippen LogP contribution is 2.28. The van der Waals surface area contributed by atoms with Gasteiger partial charge in [-0.2, -0.15) is 0 Å². The third kappa shape index (κ3) is 4.16. The van der Waals surface area contributed by atoms with Crippen LogP contribution in [0.3, 0.4) is 0 Å². The van der Waals surface area contributed by atoms with Crippen molar-refractivity contribution in [3.8, 4) is 17.2 Å². The summed E-state index contributed by atoms with van der Waals surface area (Å²) in [6.45, 7) is 1.66. The van der Waals surface area contributed by atoms with Crippen LogP contribution in [-0.2, 0) is 0 Å². The van der Waals surface area contributed by atoms with E-state index in [1.807, 2.05) is 33.8 Å². The maximum Gasteiger partial charge on any atom is 0.250 e. The number of piperidine rings is 1. The van der Waals surface area contributed by atoms with Gasteiger partial charge in [-0.25, -0.2) is 13.8 Å². The van der Waals surface area contributed by atoms with Crippen LogP contribution in [0, 0.1) is 0 Å². The maximum atomic E-state index is 13.2. The summed E-state index contributed by atoms with van der Waals surface area (Å²) in [6, 6.07) is 10.4. The molecule has 0 atom stereocenters. The lowest BCUT2D eigenvalue weighted by molar-refractivity contribution is -0.0564. The number of benzene rings is 1. The normalized spacial score (nSPS) is 16.7. The SMILES string of the molecule is O=c1cc(-c2cn3cccc3cn2)oc2ccc(OCCN3CCC(F)(F)CC3)cc12. The Morgan fingerprint density at radius 2 is 2.00 bits per heavy atom. The minimum atomic E-state index is -2.55. The van der Waals surface area contributed by atoms with Crippen molar-refractivity contribution in [1.29, 1.82) is 0 Å². The van der Waals surface area contributed by atoms with Crippen LogP contribution >= 0.6 is 0 Å². The molecule has 0 aliphatic carbocycles. The van der Waals surface area contributed by atoms with Crippen LogP contribution in [0.25, 0.3) is 27.9 Å². The van der Waals surface area contributed by atoms with Crippen LogP contribution < -0.4 is 10.2 Å². The second-order valence-corrected chi connectivity index (χ2v) is 7.79. The molecule has 4 aromatic rings. The molecule has 3 aromatic heterocycles. The van der Waals surface area contributed by atoms with Crippen molar-refractivity contribution in [2.45, 2.75) is 18.8 Å². The van der Waals surface area contributed by atoms with Gasteiger partial charge in [-0.1, -0.05) is 0 Å². The molecule has 1 saturated heterocycles. The number of rotatable bonds is 5. The molecule has 1 fully saturated rings. The van der Waals surface area contributed by atoms with Crippen LogP contribution in [0.1, 0.15) is 12.8 Å². The highest BCUT2D eigenvalue weighted by molar-refractivity contribution is 5.79. The van der Waals surface area contributed by atoms with Crippen LogP contribution in [0.2, 0.25) is 0 Å². The Hall–Kier alpha value is -3.26. The van der Waals surface area contributed by atoms with E-state index in [-0.39, 0.29) is 18.3 Å². The van der Waals surface area contributed by atoms with E-state index >= 15 is 0 Å². The van der Waals surface area contributed by atoms with E-state index in [1.165, 1.54) is 6.07 Å². The molecule has 5 rings (SSSR count). The van der Waals surface area contributed by atoms with Crippen LogP contribution in [0.4, 0.5) is 8.78 Å². The Bertz CT molecular complexity index is 1290. The van der Waals surface area contributed by atoms with E-state index in [0.29, 0.717) is 54.4 Å². The van der Waals surface area contributed by atoms with Crippen molar-refractivity contribution in [3.63, 3.8) is 0 Å². The number of hydrogen-bond acceptors (Lipinski definition) is 5. The highest BCUT2D eigenvalue weighted by Gasteiger charge is 2.33. The van der Waals surface area contributed by atoms with Crippen LogP contribution in [-0.4, -0.2) is 46.4 Å². The molecule has 0 saturated carbocycles. The fourth-order valence-corrected chi connectivity index (χ4v) is 3.81. The molecule has 1 aromatic carbocycles. The molecule has 8 heteroatoms. The Balaban J connectivity index is 1.30. The molecule has 0 N–H and O–H groups in total. The molecule has 31 heavy (non-hydrogen) atoms. The molecular weight excluding hydrogens is 404 g/mol. The van der Waals surface area contributed by atoms with Crippen molar-refractivity contribution >= 4 is 16.5 Å². The largest absolute Gasteiger partial charge is 0.492 e. The third-order valence-corrected chi connectivity index (χ3v) is 5.62. The van der Waals surface area contributed by atoms with Gasteiger partial charge in [0, 0.05) is 50.9 Å². The highest BCUT2D eigenvalue weighted by atomic mass is 19.3. The van der Waals surface area contributed by atoms with E-state index in [4.69, 9.17) is 9.15 Å². The van der Waals surface area contributed by atoms with Gasteiger partial charge in [-0.15, -0.1) is 0 Å². The summed E-state index contributed by atoms with van der Waals surface area (Å²) in [5.74, 6) is -1.61. The fourth-order valence-electron chi connectivity index (χ4n) is 3.81. The standard InChI is InChI=1S/C23H21F2N3O3/c24-23(25)5-8-27(9-6-23)10-11-30-17-3-4-21-18(12-17)20(29)13-22(31-21)19-15-28-7-1-2-16(28)14-26-19/h1-4,7,12-15H,5-6,8-11H2. The third-order valence-electron chi connectivity index (χ3n) is 5.62. The lowest BCUT2D eigenvalue weighted by Gasteiger charge is -2.31. The van der Waals surface area contributed by atoms with Gasteiger partial charge in [0.05, 0.1) is 17.1 Å². The molecule has 160 valence electrons. The van der Waals surface area contributed by atoms with E-state index in [0.717, 1.165) is 5.52 Å². The van der Waals surface area contributed by atoms with Gasteiger partial charge in [-0.05, 0) is 30.3 Å². The van der Waals surface area contributed by atoms with E-state index in [1.54, 1.807) is 24.4 Å². The molecule has 0 amide bonds. The summed E-state index contributed by atoms with van der Waals surface area (Å²) in [5.41, 5.74) is 1.78. The maximum absolute atomic E-state index is 13.2. The Morgan fingerprint density at radius 1 is 1.16 bits per heavy atom. The minimum absolute atomic E-state index is 0.113. The van der Waals surface area contributed by atoms with Gasteiger partial charge in [0.1, 0.15) is 23.6 Å². The summed E-state index contributed by atoms with van der Waals surface area (Å²) in [4.78, 5) is 19.0. The topological polar surface area (TPSA) is 60.0 Å². The average molecular weight is 425 g/mol. The van der Waals surface area contributed by atoms with Crippen molar-refractivity contribution < 1.29 is 17.9 Å². The van der Waals surface area contributed by atoms with Crippen LogP contribution in [0.5, 0.6) is 5.75 Å². The van der Waals surface area contributed by atoms with Gasteiger partial charge < -0.3 is 13.6 Å². The van der Waals surface area contributed by atoms with Gasteiger partial charge >= 0.3 is 0 Å². The molecule has 4 heterocycles.